The number of rotatable bonds is 6. The molecule has 1 saturated carbocycles. The molecule has 12 heteroatoms. The van der Waals surface area contributed by atoms with Gasteiger partial charge in [-0.3, -0.25) is 4.79 Å². The Balaban J connectivity index is 2.03. The summed E-state index contributed by atoms with van der Waals surface area (Å²) < 4.78 is 95.1. The number of alkyl halides is 3. The molecule has 0 bridgehead atoms. The normalized spacial score (nSPS) is 15.7. The lowest BCUT2D eigenvalue weighted by Gasteiger charge is -2.17. The molecule has 3 rings (SSSR count). The second-order valence-electron chi connectivity index (χ2n) is 7.51. The van der Waals surface area contributed by atoms with Crippen LogP contribution in [-0.2, 0) is 17.1 Å². The van der Waals surface area contributed by atoms with Crippen LogP contribution in [0.1, 0.15) is 47.4 Å². The minimum Gasteiger partial charge on any atom is -0.340 e. The minimum atomic E-state index is -4.92. The van der Waals surface area contributed by atoms with Crippen molar-refractivity contribution < 1.29 is 35.2 Å². The number of nitrogens with zero attached hydrogens (tertiary/aromatic N) is 1. The maximum Gasteiger partial charge on any atom is 0.404 e. The number of nitrogens with one attached hydrogen (secondary N) is 2. The molecule has 1 amide bonds. The first-order valence-corrected chi connectivity index (χ1v) is 10.8. The molecule has 1 heterocycles. The molecule has 1 aliphatic rings. The van der Waals surface area contributed by atoms with Crippen LogP contribution in [0.15, 0.2) is 23.1 Å². The van der Waals surface area contributed by atoms with Gasteiger partial charge in [0, 0.05) is 24.3 Å². The summed E-state index contributed by atoms with van der Waals surface area (Å²) in [6, 6.07) is 1.19. The number of amides is 1. The third-order valence-corrected chi connectivity index (χ3v) is 6.61. The van der Waals surface area contributed by atoms with Crippen molar-refractivity contribution in [3.8, 4) is 0 Å². The first-order valence-electron chi connectivity index (χ1n) is 9.28. The second kappa shape index (κ2) is 7.90. The number of anilines is 1. The summed E-state index contributed by atoms with van der Waals surface area (Å²) in [5.41, 5.74) is -0.355. The van der Waals surface area contributed by atoms with Gasteiger partial charge in [0.15, 0.2) is 5.82 Å². The fourth-order valence-corrected chi connectivity index (χ4v) is 4.86. The molecule has 1 fully saturated rings. The van der Waals surface area contributed by atoms with Gasteiger partial charge in [0.1, 0.15) is 22.4 Å². The van der Waals surface area contributed by atoms with Gasteiger partial charge < -0.3 is 9.88 Å². The lowest BCUT2D eigenvalue weighted by atomic mass is 10.2. The molecule has 170 valence electrons. The van der Waals surface area contributed by atoms with E-state index in [1.165, 1.54) is 30.8 Å². The number of benzene rings is 1. The molecular formula is C19H20F5N3O3S. The van der Waals surface area contributed by atoms with E-state index in [-0.39, 0.29) is 16.9 Å². The fourth-order valence-electron chi connectivity index (χ4n) is 3.23. The van der Waals surface area contributed by atoms with E-state index in [0.29, 0.717) is 19.8 Å². The lowest BCUT2D eigenvalue weighted by molar-refractivity contribution is -0.147. The Morgan fingerprint density at radius 1 is 1.23 bits per heavy atom. The Morgan fingerprint density at radius 2 is 1.84 bits per heavy atom. The monoisotopic (exact) mass is 465 g/mol. The van der Waals surface area contributed by atoms with Crippen molar-refractivity contribution in [1.29, 1.82) is 0 Å². The van der Waals surface area contributed by atoms with E-state index >= 15 is 4.39 Å². The molecular weight excluding hydrogens is 445 g/mol. The first-order chi connectivity index (χ1) is 14.2. The molecule has 1 aromatic carbocycles. The average molecular weight is 465 g/mol. The van der Waals surface area contributed by atoms with E-state index in [1.54, 1.807) is 0 Å². The van der Waals surface area contributed by atoms with Crippen LogP contribution in [0, 0.1) is 18.6 Å². The maximum absolute atomic E-state index is 15.2. The van der Waals surface area contributed by atoms with Crippen molar-refractivity contribution >= 4 is 21.6 Å². The average Bonchev–Trinajstić information content (AvgIpc) is 3.42. The van der Waals surface area contributed by atoms with Crippen molar-refractivity contribution in [3.63, 3.8) is 0 Å². The molecule has 1 atom stereocenters. The van der Waals surface area contributed by atoms with Crippen molar-refractivity contribution in [1.82, 2.24) is 9.29 Å². The second-order valence-corrected chi connectivity index (χ2v) is 9.16. The van der Waals surface area contributed by atoms with Crippen molar-refractivity contribution in [2.75, 3.05) is 5.32 Å². The molecule has 2 aromatic rings. The van der Waals surface area contributed by atoms with E-state index < -0.39 is 56.3 Å². The number of carbonyl (C=O) groups is 1. The summed E-state index contributed by atoms with van der Waals surface area (Å²) in [5, 5.41) is 2.36. The Bertz CT molecular complexity index is 1140. The largest absolute Gasteiger partial charge is 0.404 e. The van der Waals surface area contributed by atoms with E-state index in [4.69, 9.17) is 0 Å². The number of aromatic nitrogens is 1. The number of hydrogen-bond donors (Lipinski definition) is 2. The molecule has 1 aromatic heterocycles. The Labute approximate surface area is 175 Å². The molecule has 6 nitrogen and oxygen atoms in total. The standard InChI is InChI=1S/C19H20F5N3O3S/c1-9-8-12(6-7-13(9)20)25-18(28)16-14(21)17(15(27(16)3)11-4-5-11)31(29,30)26-10(2)19(22,23)24/h6-8,10-11,26H,4-5H2,1-3H3,(H,25,28)/t10-/m1/s1. The van der Waals surface area contributed by atoms with Gasteiger partial charge in [-0.25, -0.2) is 17.2 Å². The number of sulfonamides is 1. The summed E-state index contributed by atoms with van der Waals surface area (Å²) in [5.74, 6) is -3.37. The smallest absolute Gasteiger partial charge is 0.340 e. The van der Waals surface area contributed by atoms with Gasteiger partial charge in [-0.05, 0) is 50.5 Å². The van der Waals surface area contributed by atoms with Crippen LogP contribution in [0.2, 0.25) is 0 Å². The highest BCUT2D eigenvalue weighted by molar-refractivity contribution is 7.89. The molecule has 0 saturated heterocycles. The predicted octanol–water partition coefficient (Wildman–Crippen LogP) is 3.97. The third kappa shape index (κ3) is 4.59. The van der Waals surface area contributed by atoms with Gasteiger partial charge in [-0.15, -0.1) is 0 Å². The van der Waals surface area contributed by atoms with Crippen LogP contribution in [-0.4, -0.2) is 31.1 Å². The van der Waals surface area contributed by atoms with E-state index in [0.717, 1.165) is 10.6 Å². The van der Waals surface area contributed by atoms with Gasteiger partial charge >= 0.3 is 6.18 Å². The van der Waals surface area contributed by atoms with Crippen LogP contribution < -0.4 is 10.0 Å². The zero-order valence-corrected chi connectivity index (χ0v) is 17.6. The Kier molecular flexibility index (Phi) is 5.91. The van der Waals surface area contributed by atoms with Gasteiger partial charge in [0.05, 0.1) is 0 Å². The minimum absolute atomic E-state index is 0.0696. The Morgan fingerprint density at radius 3 is 2.35 bits per heavy atom. The van der Waals surface area contributed by atoms with Crippen molar-refractivity contribution in [2.45, 2.75) is 49.7 Å². The number of halogens is 5. The molecule has 31 heavy (non-hydrogen) atoms. The third-order valence-electron chi connectivity index (χ3n) is 5.02. The Hall–Kier alpha value is -2.47. The van der Waals surface area contributed by atoms with Gasteiger partial charge in [-0.1, -0.05) is 0 Å². The quantitative estimate of drug-likeness (QED) is 0.634. The highest BCUT2D eigenvalue weighted by atomic mass is 32.2. The highest BCUT2D eigenvalue weighted by Gasteiger charge is 2.44. The summed E-state index contributed by atoms with van der Waals surface area (Å²) in [4.78, 5) is 11.7. The molecule has 1 aliphatic carbocycles. The summed E-state index contributed by atoms with van der Waals surface area (Å²) in [7, 11) is -3.65. The zero-order valence-electron chi connectivity index (χ0n) is 16.8. The molecule has 0 aliphatic heterocycles. The predicted molar refractivity (Wildman–Crippen MR) is 102 cm³/mol. The van der Waals surface area contributed by atoms with Gasteiger partial charge in [0.2, 0.25) is 10.0 Å². The van der Waals surface area contributed by atoms with Crippen LogP contribution in [0.3, 0.4) is 0 Å². The van der Waals surface area contributed by atoms with Crippen molar-refractivity contribution in [2.24, 2.45) is 7.05 Å². The first kappa shape index (κ1) is 23.2. The topological polar surface area (TPSA) is 80.2 Å². The van der Waals surface area contributed by atoms with Crippen LogP contribution >= 0.6 is 0 Å². The number of hydrogen-bond acceptors (Lipinski definition) is 3. The van der Waals surface area contributed by atoms with Crippen LogP contribution in [0.4, 0.5) is 27.6 Å². The van der Waals surface area contributed by atoms with E-state index in [1.807, 2.05) is 0 Å². The SMILES string of the molecule is Cc1cc(NC(=O)c2c(F)c(S(=O)(=O)N[C@H](C)C(F)(F)F)c(C3CC3)n2C)ccc1F. The van der Waals surface area contributed by atoms with E-state index in [2.05, 4.69) is 5.32 Å². The highest BCUT2D eigenvalue weighted by Crippen LogP contribution is 2.45. The molecule has 2 N–H and O–H groups in total. The van der Waals surface area contributed by atoms with Crippen LogP contribution in [0.5, 0.6) is 0 Å². The lowest BCUT2D eigenvalue weighted by Crippen LogP contribution is -2.43. The maximum atomic E-state index is 15.2. The molecule has 0 radical (unpaired) electrons. The number of carbonyl (C=O) groups excluding carboxylic acids is 1. The van der Waals surface area contributed by atoms with E-state index in [9.17, 15) is 30.8 Å². The number of aryl methyl sites for hydroxylation is 1. The molecule has 0 unspecified atom stereocenters. The van der Waals surface area contributed by atoms with Gasteiger partial charge in [0.25, 0.3) is 5.91 Å². The van der Waals surface area contributed by atoms with Crippen molar-refractivity contribution in [3.05, 3.63) is 46.8 Å². The van der Waals surface area contributed by atoms with Gasteiger partial charge in [-0.2, -0.15) is 17.9 Å². The summed E-state index contributed by atoms with van der Waals surface area (Å²) in [6.07, 6.45) is -3.86. The summed E-state index contributed by atoms with van der Waals surface area (Å²) in [6.45, 7) is 2.05. The summed E-state index contributed by atoms with van der Waals surface area (Å²) >= 11 is 0. The van der Waals surface area contributed by atoms with Crippen LogP contribution in [0.25, 0.3) is 0 Å². The molecule has 0 spiro atoms. The fraction of sp³-hybridized carbons (Fsp3) is 0.421. The zero-order chi connectivity index (χ0) is 23.3.